The Morgan fingerprint density at radius 1 is 1.71 bits per heavy atom. The highest BCUT2D eigenvalue weighted by Gasteiger charge is 2.20. The van der Waals surface area contributed by atoms with Crippen LogP contribution < -0.4 is 5.73 Å². The molecule has 0 aromatic carbocycles. The predicted octanol–water partition coefficient (Wildman–Crippen LogP) is 1.12. The molecule has 6 nitrogen and oxygen atoms in total. The molecule has 0 saturated heterocycles. The van der Waals surface area contributed by atoms with Crippen molar-refractivity contribution in [3.05, 3.63) is 24.2 Å². The Labute approximate surface area is 99.7 Å². The first-order valence-electron chi connectivity index (χ1n) is 5.40. The SMILES string of the molecule is CCN(CC(C)/C(N)=N/O)C(=O)c1ccco1. The predicted molar refractivity (Wildman–Crippen MR) is 62.9 cm³/mol. The van der Waals surface area contributed by atoms with Crippen LogP contribution in [0.1, 0.15) is 24.4 Å². The molecule has 94 valence electrons. The summed E-state index contributed by atoms with van der Waals surface area (Å²) in [6.07, 6.45) is 1.45. The van der Waals surface area contributed by atoms with Gasteiger partial charge in [-0.25, -0.2) is 0 Å². The van der Waals surface area contributed by atoms with Crippen LogP contribution in [0.3, 0.4) is 0 Å². The van der Waals surface area contributed by atoms with Gasteiger partial charge in [-0.15, -0.1) is 0 Å². The second-order valence-corrected chi connectivity index (χ2v) is 3.75. The fourth-order valence-electron chi connectivity index (χ4n) is 1.43. The molecule has 1 unspecified atom stereocenters. The van der Waals surface area contributed by atoms with E-state index in [0.29, 0.717) is 18.8 Å². The Morgan fingerprint density at radius 2 is 2.41 bits per heavy atom. The van der Waals surface area contributed by atoms with E-state index in [4.69, 9.17) is 15.4 Å². The highest BCUT2D eigenvalue weighted by Crippen LogP contribution is 2.08. The van der Waals surface area contributed by atoms with E-state index in [1.807, 2.05) is 6.92 Å². The normalized spacial score (nSPS) is 13.4. The number of hydrogen-bond acceptors (Lipinski definition) is 4. The molecule has 1 amide bonds. The number of carbonyl (C=O) groups excluding carboxylic acids is 1. The van der Waals surface area contributed by atoms with Crippen molar-refractivity contribution in [2.75, 3.05) is 13.1 Å². The maximum Gasteiger partial charge on any atom is 0.289 e. The smallest absolute Gasteiger partial charge is 0.289 e. The minimum atomic E-state index is -0.209. The van der Waals surface area contributed by atoms with E-state index in [-0.39, 0.29) is 17.7 Å². The lowest BCUT2D eigenvalue weighted by atomic mass is 10.1. The largest absolute Gasteiger partial charge is 0.459 e. The number of nitrogens with two attached hydrogens (primary N) is 1. The molecule has 17 heavy (non-hydrogen) atoms. The van der Waals surface area contributed by atoms with E-state index in [9.17, 15) is 4.79 Å². The Morgan fingerprint density at radius 3 is 2.88 bits per heavy atom. The highest BCUT2D eigenvalue weighted by atomic mass is 16.4. The first-order valence-corrected chi connectivity index (χ1v) is 5.40. The van der Waals surface area contributed by atoms with Crippen LogP contribution in [0.25, 0.3) is 0 Å². The Hall–Kier alpha value is -1.98. The number of rotatable bonds is 5. The van der Waals surface area contributed by atoms with Crippen molar-refractivity contribution in [2.45, 2.75) is 13.8 Å². The molecule has 0 spiro atoms. The molecule has 1 atom stereocenters. The molecule has 1 aromatic heterocycles. The number of furan rings is 1. The molecule has 0 radical (unpaired) electrons. The average molecular weight is 239 g/mol. The van der Waals surface area contributed by atoms with Crippen LogP contribution in [0.4, 0.5) is 0 Å². The standard InChI is InChI=1S/C11H17N3O3/c1-3-14(7-8(2)10(12)13-16)11(15)9-5-4-6-17-9/h4-6,8,16H,3,7H2,1-2H3,(H2,12,13). The van der Waals surface area contributed by atoms with Crippen LogP contribution in [0.2, 0.25) is 0 Å². The maximum absolute atomic E-state index is 12.0. The van der Waals surface area contributed by atoms with Crippen molar-refractivity contribution < 1.29 is 14.4 Å². The number of hydrogen-bond donors (Lipinski definition) is 2. The van der Waals surface area contributed by atoms with Gasteiger partial charge in [0.25, 0.3) is 5.91 Å². The van der Waals surface area contributed by atoms with E-state index < -0.39 is 0 Å². The Kier molecular flexibility index (Phi) is 4.56. The van der Waals surface area contributed by atoms with E-state index in [2.05, 4.69) is 5.16 Å². The zero-order valence-electron chi connectivity index (χ0n) is 9.96. The maximum atomic E-state index is 12.0. The molecule has 0 fully saturated rings. The lowest BCUT2D eigenvalue weighted by Crippen LogP contribution is -2.38. The summed E-state index contributed by atoms with van der Waals surface area (Å²) in [6, 6.07) is 3.27. The van der Waals surface area contributed by atoms with Crippen molar-refractivity contribution in [2.24, 2.45) is 16.8 Å². The molecule has 1 heterocycles. The molecular formula is C11H17N3O3. The lowest BCUT2D eigenvalue weighted by molar-refractivity contribution is 0.0722. The van der Waals surface area contributed by atoms with Crippen molar-refractivity contribution in [3.8, 4) is 0 Å². The van der Waals surface area contributed by atoms with E-state index >= 15 is 0 Å². The third-order valence-electron chi connectivity index (χ3n) is 2.52. The molecule has 0 aliphatic rings. The van der Waals surface area contributed by atoms with Gasteiger partial charge in [-0.3, -0.25) is 4.79 Å². The summed E-state index contributed by atoms with van der Waals surface area (Å²) < 4.78 is 5.04. The molecule has 1 rings (SSSR count). The molecule has 0 bridgehead atoms. The Bertz CT molecular complexity index is 387. The van der Waals surface area contributed by atoms with Gasteiger partial charge in [0.1, 0.15) is 5.84 Å². The van der Waals surface area contributed by atoms with E-state index in [1.54, 1.807) is 24.0 Å². The third-order valence-corrected chi connectivity index (χ3v) is 2.52. The van der Waals surface area contributed by atoms with Gasteiger partial charge in [0.15, 0.2) is 5.76 Å². The zero-order valence-corrected chi connectivity index (χ0v) is 9.96. The average Bonchev–Trinajstić information content (AvgIpc) is 2.87. The topological polar surface area (TPSA) is 92.1 Å². The van der Waals surface area contributed by atoms with Crippen molar-refractivity contribution in [3.63, 3.8) is 0 Å². The van der Waals surface area contributed by atoms with Gasteiger partial charge in [0, 0.05) is 19.0 Å². The fourth-order valence-corrected chi connectivity index (χ4v) is 1.43. The Balaban J connectivity index is 2.69. The minimum Gasteiger partial charge on any atom is -0.459 e. The van der Waals surface area contributed by atoms with Crippen LogP contribution in [0.5, 0.6) is 0 Å². The van der Waals surface area contributed by atoms with Gasteiger partial charge in [-0.2, -0.15) is 0 Å². The molecule has 0 saturated carbocycles. The number of carbonyl (C=O) groups is 1. The highest BCUT2D eigenvalue weighted by molar-refractivity contribution is 5.92. The van der Waals surface area contributed by atoms with Gasteiger partial charge in [0.2, 0.25) is 0 Å². The third kappa shape index (κ3) is 3.24. The number of amidine groups is 1. The summed E-state index contributed by atoms with van der Waals surface area (Å²) in [5.74, 6) is -0.0109. The summed E-state index contributed by atoms with van der Waals surface area (Å²) in [5, 5.41) is 11.5. The molecule has 3 N–H and O–H groups in total. The number of oxime groups is 1. The van der Waals surface area contributed by atoms with Crippen LogP contribution >= 0.6 is 0 Å². The first-order chi connectivity index (χ1) is 8.10. The van der Waals surface area contributed by atoms with Crippen LogP contribution in [0.15, 0.2) is 28.0 Å². The lowest BCUT2D eigenvalue weighted by Gasteiger charge is -2.22. The van der Waals surface area contributed by atoms with Crippen LogP contribution in [-0.4, -0.2) is 34.9 Å². The second kappa shape index (κ2) is 5.93. The van der Waals surface area contributed by atoms with Crippen molar-refractivity contribution >= 4 is 11.7 Å². The molecule has 6 heteroatoms. The minimum absolute atomic E-state index is 0.107. The van der Waals surface area contributed by atoms with Gasteiger partial charge < -0.3 is 20.3 Å². The summed E-state index contributed by atoms with van der Waals surface area (Å²) in [4.78, 5) is 13.6. The molecule has 0 aliphatic heterocycles. The van der Waals surface area contributed by atoms with Crippen molar-refractivity contribution in [1.29, 1.82) is 0 Å². The van der Waals surface area contributed by atoms with Crippen LogP contribution in [-0.2, 0) is 0 Å². The van der Waals surface area contributed by atoms with Gasteiger partial charge in [-0.1, -0.05) is 12.1 Å². The second-order valence-electron chi connectivity index (χ2n) is 3.75. The summed E-state index contributed by atoms with van der Waals surface area (Å²) in [5.41, 5.74) is 5.48. The molecule has 1 aromatic rings. The summed E-state index contributed by atoms with van der Waals surface area (Å²) >= 11 is 0. The fraction of sp³-hybridized carbons (Fsp3) is 0.455. The zero-order chi connectivity index (χ0) is 12.8. The quantitative estimate of drug-likeness (QED) is 0.348. The van der Waals surface area contributed by atoms with E-state index in [0.717, 1.165) is 0 Å². The molecular weight excluding hydrogens is 222 g/mol. The first kappa shape index (κ1) is 13.1. The van der Waals surface area contributed by atoms with Crippen molar-refractivity contribution in [1.82, 2.24) is 4.90 Å². The molecule has 0 aliphatic carbocycles. The van der Waals surface area contributed by atoms with Gasteiger partial charge >= 0.3 is 0 Å². The van der Waals surface area contributed by atoms with Gasteiger partial charge in [-0.05, 0) is 19.1 Å². The summed E-state index contributed by atoms with van der Waals surface area (Å²) in [6.45, 7) is 4.56. The number of amides is 1. The van der Waals surface area contributed by atoms with Crippen LogP contribution in [0, 0.1) is 5.92 Å². The summed E-state index contributed by atoms with van der Waals surface area (Å²) in [7, 11) is 0. The monoisotopic (exact) mass is 239 g/mol. The van der Waals surface area contributed by atoms with Gasteiger partial charge in [0.05, 0.1) is 6.26 Å². The van der Waals surface area contributed by atoms with E-state index in [1.165, 1.54) is 6.26 Å². The number of nitrogens with zero attached hydrogens (tertiary/aromatic N) is 2.